The maximum atomic E-state index is 8.95. The lowest BCUT2D eigenvalue weighted by Crippen LogP contribution is -1.68. The topological polar surface area (TPSA) is 46.5 Å². The normalized spacial score (nSPS) is 5.12. The van der Waals surface area contributed by atoms with Crippen LogP contribution >= 0.6 is 0 Å². The van der Waals surface area contributed by atoms with Crippen molar-refractivity contribution in [3.05, 3.63) is 0 Å². The summed E-state index contributed by atoms with van der Waals surface area (Å²) in [6, 6.07) is 0. The minimum atomic E-state index is -0.153. The van der Waals surface area contributed by atoms with Gasteiger partial charge in [-0.3, -0.25) is 4.79 Å². The molecule has 0 bridgehead atoms. The van der Waals surface area contributed by atoms with Crippen molar-refractivity contribution >= 4 is 6.47 Å². The second kappa shape index (κ2) is 16.7. The predicted molar refractivity (Wildman–Crippen MR) is 29.0 cm³/mol. The Hall–Kier alpha value is -1.01. The van der Waals surface area contributed by atoms with Gasteiger partial charge in [-0.2, -0.15) is 0 Å². The molecule has 0 saturated carbocycles. The van der Waals surface area contributed by atoms with E-state index >= 15 is 0 Å². The molecule has 0 aliphatic carbocycles. The highest BCUT2D eigenvalue weighted by atomic mass is 16.5. The van der Waals surface area contributed by atoms with Crippen LogP contribution in [0, 0.1) is 12.3 Å². The van der Waals surface area contributed by atoms with Crippen LogP contribution in [0.4, 0.5) is 0 Å². The second-order valence-electron chi connectivity index (χ2n) is 0.694. The molecule has 8 heavy (non-hydrogen) atoms. The van der Waals surface area contributed by atoms with Crippen LogP contribution in [0.1, 0.15) is 0 Å². The first-order valence-corrected chi connectivity index (χ1v) is 1.84. The Morgan fingerprint density at radius 1 is 2.00 bits per heavy atom. The SMILES string of the molecule is C#CCO.COC=O. The van der Waals surface area contributed by atoms with Crippen LogP contribution in [0.5, 0.6) is 0 Å². The first kappa shape index (κ1) is 10.1. The van der Waals surface area contributed by atoms with Crippen molar-refractivity contribution in [1.29, 1.82) is 0 Å². The van der Waals surface area contributed by atoms with Gasteiger partial charge in [-0.15, -0.1) is 6.42 Å². The highest BCUT2D eigenvalue weighted by Gasteiger charge is 1.44. The fourth-order valence-corrected chi connectivity index (χ4v) is 0. The van der Waals surface area contributed by atoms with Crippen LogP contribution in [0.3, 0.4) is 0 Å². The average Bonchev–Trinajstić information content (AvgIpc) is 1.88. The molecule has 0 fully saturated rings. The molecule has 0 aliphatic heterocycles. The van der Waals surface area contributed by atoms with E-state index in [4.69, 9.17) is 9.90 Å². The summed E-state index contributed by atoms with van der Waals surface area (Å²) in [4.78, 5) is 8.95. The van der Waals surface area contributed by atoms with Gasteiger partial charge in [-0.1, -0.05) is 5.92 Å². The summed E-state index contributed by atoms with van der Waals surface area (Å²) in [5.41, 5.74) is 0. The largest absolute Gasteiger partial charge is 0.471 e. The molecule has 0 saturated heterocycles. The van der Waals surface area contributed by atoms with E-state index < -0.39 is 0 Å². The van der Waals surface area contributed by atoms with Gasteiger partial charge in [0.2, 0.25) is 0 Å². The predicted octanol–water partition coefficient (Wildman–Crippen LogP) is -0.599. The van der Waals surface area contributed by atoms with Gasteiger partial charge in [0.05, 0.1) is 7.11 Å². The van der Waals surface area contributed by atoms with E-state index in [1.54, 1.807) is 0 Å². The summed E-state index contributed by atoms with van der Waals surface area (Å²) < 4.78 is 3.86. The van der Waals surface area contributed by atoms with Gasteiger partial charge >= 0.3 is 0 Å². The number of carbonyl (C=O) groups excluding carboxylic acids is 1. The Labute approximate surface area is 48.3 Å². The van der Waals surface area contributed by atoms with E-state index in [0.29, 0.717) is 6.47 Å². The molecule has 0 atom stereocenters. The standard InChI is InChI=1S/C3H4O.C2H4O2/c1-2-3-4;1-4-2-3/h1,4H,3H2;2H,1H3. The molecular weight excluding hydrogens is 108 g/mol. The number of methoxy groups -OCH3 is 1. The van der Waals surface area contributed by atoms with E-state index in [0.717, 1.165) is 0 Å². The zero-order valence-electron chi connectivity index (χ0n) is 4.63. The van der Waals surface area contributed by atoms with Crippen LogP contribution in [-0.4, -0.2) is 25.3 Å². The third kappa shape index (κ3) is 81.1. The third-order valence-electron chi connectivity index (χ3n) is 0.188. The lowest BCUT2D eigenvalue weighted by molar-refractivity contribution is -0.126. The minimum Gasteiger partial charge on any atom is -0.471 e. The molecule has 3 nitrogen and oxygen atoms in total. The maximum Gasteiger partial charge on any atom is 0.292 e. The van der Waals surface area contributed by atoms with Crippen molar-refractivity contribution in [1.82, 2.24) is 0 Å². The smallest absolute Gasteiger partial charge is 0.292 e. The Balaban J connectivity index is 0. The monoisotopic (exact) mass is 116 g/mol. The van der Waals surface area contributed by atoms with Crippen molar-refractivity contribution in [3.8, 4) is 12.3 Å². The molecule has 46 valence electrons. The fourth-order valence-electron chi connectivity index (χ4n) is 0. The Kier molecular flexibility index (Phi) is 21.0. The number of aliphatic hydroxyl groups is 1. The number of ether oxygens (including phenoxy) is 1. The molecule has 0 unspecified atom stereocenters. The van der Waals surface area contributed by atoms with Crippen molar-refractivity contribution in [2.75, 3.05) is 13.7 Å². The number of hydrogen-bond acceptors (Lipinski definition) is 3. The zero-order chi connectivity index (χ0) is 6.83. The van der Waals surface area contributed by atoms with Gasteiger partial charge in [0, 0.05) is 0 Å². The number of hydrogen-bond donors (Lipinski definition) is 1. The van der Waals surface area contributed by atoms with E-state index in [9.17, 15) is 0 Å². The summed E-state index contributed by atoms with van der Waals surface area (Å²) >= 11 is 0. The van der Waals surface area contributed by atoms with E-state index in [1.165, 1.54) is 7.11 Å². The van der Waals surface area contributed by atoms with Crippen molar-refractivity contribution in [2.45, 2.75) is 0 Å². The van der Waals surface area contributed by atoms with Crippen LogP contribution < -0.4 is 0 Å². The van der Waals surface area contributed by atoms with E-state index in [-0.39, 0.29) is 6.61 Å². The van der Waals surface area contributed by atoms with Crippen molar-refractivity contribution in [3.63, 3.8) is 0 Å². The van der Waals surface area contributed by atoms with Gasteiger partial charge in [-0.25, -0.2) is 0 Å². The molecule has 0 rings (SSSR count). The molecule has 3 heteroatoms. The summed E-state index contributed by atoms with van der Waals surface area (Å²) in [6.07, 6.45) is 4.53. The quantitative estimate of drug-likeness (QED) is 0.367. The fraction of sp³-hybridized carbons (Fsp3) is 0.400. The van der Waals surface area contributed by atoms with Gasteiger partial charge < -0.3 is 9.84 Å². The molecule has 1 N–H and O–H groups in total. The molecule has 0 spiro atoms. The first-order chi connectivity index (χ1) is 3.83. The molecule has 0 aromatic rings. The molecular formula is C5H8O3. The zero-order valence-corrected chi connectivity index (χ0v) is 4.63. The van der Waals surface area contributed by atoms with Gasteiger partial charge in [0.15, 0.2) is 0 Å². The van der Waals surface area contributed by atoms with E-state index in [2.05, 4.69) is 11.2 Å². The number of aliphatic hydroxyl groups excluding tert-OH is 1. The van der Waals surface area contributed by atoms with Crippen LogP contribution in [0.15, 0.2) is 0 Å². The minimum absolute atomic E-state index is 0.153. The van der Waals surface area contributed by atoms with Crippen molar-refractivity contribution < 1.29 is 14.6 Å². The highest BCUT2D eigenvalue weighted by Crippen LogP contribution is 1.35. The lowest BCUT2D eigenvalue weighted by Gasteiger charge is -1.67. The molecule has 0 amide bonds. The average molecular weight is 116 g/mol. The second-order valence-corrected chi connectivity index (χ2v) is 0.694. The van der Waals surface area contributed by atoms with Gasteiger partial charge in [0.25, 0.3) is 6.47 Å². The summed E-state index contributed by atoms with van der Waals surface area (Å²) in [7, 11) is 1.31. The van der Waals surface area contributed by atoms with Crippen LogP contribution in [-0.2, 0) is 9.53 Å². The highest BCUT2D eigenvalue weighted by molar-refractivity contribution is 5.36. The Morgan fingerprint density at radius 2 is 2.25 bits per heavy atom. The van der Waals surface area contributed by atoms with Gasteiger partial charge in [-0.05, 0) is 0 Å². The molecule has 0 heterocycles. The number of carbonyl (C=O) groups is 1. The van der Waals surface area contributed by atoms with E-state index in [1.807, 2.05) is 5.92 Å². The lowest BCUT2D eigenvalue weighted by atomic mass is 10.8. The summed E-state index contributed by atoms with van der Waals surface area (Å²) in [6.45, 7) is 0.222. The summed E-state index contributed by atoms with van der Waals surface area (Å²) in [5, 5.41) is 7.64. The van der Waals surface area contributed by atoms with Crippen LogP contribution in [0.25, 0.3) is 0 Å². The maximum absolute atomic E-state index is 8.95. The summed E-state index contributed by atoms with van der Waals surface area (Å²) in [5.74, 6) is 1.99. The Morgan fingerprint density at radius 3 is 2.25 bits per heavy atom. The molecule has 0 aromatic heterocycles. The van der Waals surface area contributed by atoms with Crippen molar-refractivity contribution in [2.24, 2.45) is 0 Å². The first-order valence-electron chi connectivity index (χ1n) is 1.84. The Bertz CT molecular complexity index is 72.2. The number of terminal acetylenes is 1. The third-order valence-corrected chi connectivity index (χ3v) is 0.188. The number of rotatable bonds is 1. The van der Waals surface area contributed by atoms with Crippen LogP contribution in [0.2, 0.25) is 0 Å². The molecule has 0 radical (unpaired) electrons. The van der Waals surface area contributed by atoms with Gasteiger partial charge in [0.1, 0.15) is 6.61 Å². The molecule has 0 aliphatic rings. The molecule has 0 aromatic carbocycles.